The minimum atomic E-state index is -0.613. The molecule has 0 unspecified atom stereocenters. The lowest BCUT2D eigenvalue weighted by atomic mass is 9.85. The van der Waals surface area contributed by atoms with E-state index >= 15 is 0 Å². The molecule has 1 aliphatic rings. The number of benzene rings is 2. The zero-order chi connectivity index (χ0) is 21.7. The average molecular weight is 409 g/mol. The Kier molecular flexibility index (Phi) is 6.76. The predicted molar refractivity (Wildman–Crippen MR) is 118 cm³/mol. The van der Waals surface area contributed by atoms with E-state index in [0.717, 1.165) is 47.9 Å². The van der Waals surface area contributed by atoms with Crippen molar-refractivity contribution in [1.82, 2.24) is 0 Å². The van der Waals surface area contributed by atoms with Gasteiger partial charge in [0.1, 0.15) is 5.60 Å². The van der Waals surface area contributed by atoms with E-state index < -0.39 is 11.4 Å². The van der Waals surface area contributed by atoms with E-state index in [9.17, 15) is 14.3 Å². The van der Waals surface area contributed by atoms with Crippen molar-refractivity contribution >= 4 is 17.6 Å². The Morgan fingerprint density at radius 3 is 2.23 bits per heavy atom. The third-order valence-electron chi connectivity index (χ3n) is 5.07. The van der Waals surface area contributed by atoms with E-state index in [-0.39, 0.29) is 11.7 Å². The Hall–Kier alpha value is -2.88. The van der Waals surface area contributed by atoms with Crippen LogP contribution in [0.1, 0.15) is 69.6 Å². The number of ether oxygens (including phenoxy) is 1. The molecule has 2 aromatic rings. The standard InChI is InChI=1S/C26H29FO3/c1-26(2,3)30-24(29)16-11-18-9-12-20(13-10-18)25(19-7-5-4-6-8-19)21-14-15-23(28)22(27)17-21/h9-17,28H,4-8H2,1-3H3/b16-11+. The quantitative estimate of drug-likeness (QED) is 0.455. The number of hydrogen-bond donors (Lipinski definition) is 1. The number of esters is 1. The number of carbonyl (C=O) groups is 1. The summed E-state index contributed by atoms with van der Waals surface area (Å²) < 4.78 is 19.3. The van der Waals surface area contributed by atoms with Gasteiger partial charge in [-0.1, -0.05) is 42.3 Å². The minimum absolute atomic E-state index is 0.339. The highest BCUT2D eigenvalue weighted by Crippen LogP contribution is 2.36. The first-order chi connectivity index (χ1) is 14.2. The van der Waals surface area contributed by atoms with E-state index in [1.54, 1.807) is 12.1 Å². The lowest BCUT2D eigenvalue weighted by Crippen LogP contribution is -2.22. The highest BCUT2D eigenvalue weighted by atomic mass is 19.1. The van der Waals surface area contributed by atoms with Crippen molar-refractivity contribution in [2.24, 2.45) is 0 Å². The number of allylic oxidation sites excluding steroid dienone is 1. The molecular formula is C26H29FO3. The SMILES string of the molecule is CC(C)(C)OC(=O)/C=C/c1ccc(C(=C2CCCCC2)c2ccc(O)c(F)c2)cc1. The van der Waals surface area contributed by atoms with E-state index in [4.69, 9.17) is 4.74 Å². The summed E-state index contributed by atoms with van der Waals surface area (Å²) in [6.07, 6.45) is 8.64. The smallest absolute Gasteiger partial charge is 0.331 e. The van der Waals surface area contributed by atoms with Gasteiger partial charge in [-0.25, -0.2) is 9.18 Å². The second kappa shape index (κ2) is 9.29. The van der Waals surface area contributed by atoms with Gasteiger partial charge >= 0.3 is 5.97 Å². The first-order valence-electron chi connectivity index (χ1n) is 10.5. The van der Waals surface area contributed by atoms with E-state index in [2.05, 4.69) is 0 Å². The zero-order valence-corrected chi connectivity index (χ0v) is 17.9. The molecule has 1 aliphatic carbocycles. The number of phenols is 1. The van der Waals surface area contributed by atoms with Crippen molar-refractivity contribution in [2.75, 3.05) is 0 Å². The summed E-state index contributed by atoms with van der Waals surface area (Å²) in [4.78, 5) is 11.9. The number of carbonyl (C=O) groups excluding carboxylic acids is 1. The van der Waals surface area contributed by atoms with Crippen LogP contribution in [-0.4, -0.2) is 16.7 Å². The molecule has 3 nitrogen and oxygen atoms in total. The number of halogens is 1. The summed E-state index contributed by atoms with van der Waals surface area (Å²) in [5.74, 6) is -1.33. The van der Waals surface area contributed by atoms with Gasteiger partial charge in [0.25, 0.3) is 0 Å². The van der Waals surface area contributed by atoms with Gasteiger partial charge in [-0.15, -0.1) is 0 Å². The van der Waals surface area contributed by atoms with Crippen molar-refractivity contribution in [2.45, 2.75) is 58.5 Å². The third kappa shape index (κ3) is 5.82. The van der Waals surface area contributed by atoms with Gasteiger partial charge in [0.2, 0.25) is 0 Å². The normalized spacial score (nSPS) is 14.7. The number of aromatic hydroxyl groups is 1. The molecule has 30 heavy (non-hydrogen) atoms. The molecule has 0 bridgehead atoms. The monoisotopic (exact) mass is 408 g/mol. The fourth-order valence-corrected chi connectivity index (χ4v) is 3.73. The summed E-state index contributed by atoms with van der Waals surface area (Å²) >= 11 is 0. The van der Waals surface area contributed by atoms with Crippen molar-refractivity contribution in [3.8, 4) is 5.75 Å². The molecule has 0 heterocycles. The molecule has 158 valence electrons. The molecule has 0 spiro atoms. The molecule has 0 saturated heterocycles. The van der Waals surface area contributed by atoms with Gasteiger partial charge in [-0.3, -0.25) is 0 Å². The van der Waals surface area contributed by atoms with Gasteiger partial charge in [0.15, 0.2) is 11.6 Å². The Labute approximate surface area is 177 Å². The maximum Gasteiger partial charge on any atom is 0.331 e. The first kappa shape index (κ1) is 21.8. The van der Waals surface area contributed by atoms with E-state index in [1.165, 1.54) is 30.2 Å². The largest absolute Gasteiger partial charge is 0.505 e. The van der Waals surface area contributed by atoms with Crippen molar-refractivity contribution in [3.05, 3.63) is 76.6 Å². The zero-order valence-electron chi connectivity index (χ0n) is 17.9. The Morgan fingerprint density at radius 2 is 1.63 bits per heavy atom. The van der Waals surface area contributed by atoms with Crippen LogP contribution in [-0.2, 0) is 9.53 Å². The summed E-state index contributed by atoms with van der Waals surface area (Å²) in [5.41, 5.74) is 4.51. The van der Waals surface area contributed by atoms with Crippen LogP contribution in [0.2, 0.25) is 0 Å². The molecular weight excluding hydrogens is 379 g/mol. The number of rotatable bonds is 4. The topological polar surface area (TPSA) is 46.5 Å². The summed E-state index contributed by atoms with van der Waals surface area (Å²) in [6.45, 7) is 5.50. The van der Waals surface area contributed by atoms with Crippen LogP contribution < -0.4 is 0 Å². The fourth-order valence-electron chi connectivity index (χ4n) is 3.73. The van der Waals surface area contributed by atoms with Crippen LogP contribution >= 0.6 is 0 Å². The van der Waals surface area contributed by atoms with Gasteiger partial charge in [-0.05, 0) is 86.9 Å². The Bertz CT molecular complexity index is 955. The van der Waals surface area contributed by atoms with Crippen LogP contribution in [0.4, 0.5) is 4.39 Å². The van der Waals surface area contributed by atoms with Gasteiger partial charge in [-0.2, -0.15) is 0 Å². The summed E-state index contributed by atoms with van der Waals surface area (Å²) in [6, 6.07) is 12.5. The molecule has 1 fully saturated rings. The first-order valence-corrected chi connectivity index (χ1v) is 10.5. The third-order valence-corrected chi connectivity index (χ3v) is 5.07. The lowest BCUT2D eigenvalue weighted by Gasteiger charge is -2.20. The van der Waals surface area contributed by atoms with Gasteiger partial charge in [0.05, 0.1) is 0 Å². The predicted octanol–water partition coefficient (Wildman–Crippen LogP) is 6.65. The summed E-state index contributed by atoms with van der Waals surface area (Å²) in [7, 11) is 0. The van der Waals surface area contributed by atoms with Gasteiger partial charge in [0, 0.05) is 6.08 Å². The maximum atomic E-state index is 14.1. The van der Waals surface area contributed by atoms with Crippen LogP contribution in [0.3, 0.4) is 0 Å². The molecule has 0 amide bonds. The second-order valence-corrected chi connectivity index (χ2v) is 8.69. The number of phenolic OH excluding ortho intramolecular Hbond substituents is 1. The second-order valence-electron chi connectivity index (χ2n) is 8.69. The van der Waals surface area contributed by atoms with Crippen molar-refractivity contribution in [1.29, 1.82) is 0 Å². The maximum absolute atomic E-state index is 14.1. The molecule has 0 atom stereocenters. The molecule has 0 aliphatic heterocycles. The van der Waals surface area contributed by atoms with Gasteiger partial charge < -0.3 is 9.84 Å². The highest BCUT2D eigenvalue weighted by molar-refractivity contribution is 5.88. The molecule has 0 aromatic heterocycles. The Balaban J connectivity index is 1.89. The molecule has 2 aromatic carbocycles. The van der Waals surface area contributed by atoms with E-state index in [1.807, 2.05) is 45.0 Å². The van der Waals surface area contributed by atoms with Crippen LogP contribution in [0, 0.1) is 5.82 Å². The fraction of sp³-hybridized carbons (Fsp3) is 0.346. The molecule has 0 radical (unpaired) electrons. The highest BCUT2D eigenvalue weighted by Gasteiger charge is 2.17. The number of hydrogen-bond acceptors (Lipinski definition) is 3. The minimum Gasteiger partial charge on any atom is -0.505 e. The molecule has 1 N–H and O–H groups in total. The molecule has 1 saturated carbocycles. The van der Waals surface area contributed by atoms with Crippen molar-refractivity contribution < 1.29 is 19.0 Å². The van der Waals surface area contributed by atoms with Crippen molar-refractivity contribution in [3.63, 3.8) is 0 Å². The van der Waals surface area contributed by atoms with Crippen LogP contribution in [0.15, 0.2) is 54.1 Å². The Morgan fingerprint density at radius 1 is 1.00 bits per heavy atom. The average Bonchev–Trinajstić information content (AvgIpc) is 2.70. The van der Waals surface area contributed by atoms with E-state index in [0.29, 0.717) is 0 Å². The molecule has 4 heteroatoms. The molecule has 3 rings (SSSR count). The van der Waals surface area contributed by atoms with Crippen LogP contribution in [0.5, 0.6) is 5.75 Å². The lowest BCUT2D eigenvalue weighted by molar-refractivity contribution is -0.148. The summed E-state index contributed by atoms with van der Waals surface area (Å²) in [5, 5.41) is 9.58. The van der Waals surface area contributed by atoms with Crippen LogP contribution in [0.25, 0.3) is 11.6 Å².